The number of carbonyl (C=O) groups is 1. The first-order chi connectivity index (χ1) is 10.6. The number of aliphatic hydroxyl groups excluding tert-OH is 1. The van der Waals surface area contributed by atoms with E-state index in [1.807, 2.05) is 37.3 Å². The first-order valence-electron chi connectivity index (χ1n) is 7.29. The molecule has 0 saturated carbocycles. The number of hydrogen-bond acceptors (Lipinski definition) is 3. The van der Waals surface area contributed by atoms with Gasteiger partial charge in [0.25, 0.3) is 0 Å². The molecule has 5 heteroatoms. The monoisotopic (exact) mass is 299 g/mol. The van der Waals surface area contributed by atoms with Gasteiger partial charge in [0, 0.05) is 24.8 Å². The SMILES string of the molecule is C=CC(=O)N(Cc1ccccc1)CC(O)c1cnn(CC)c1. The Morgan fingerprint density at radius 3 is 2.77 bits per heavy atom. The lowest BCUT2D eigenvalue weighted by Gasteiger charge is -2.24. The molecule has 0 aliphatic heterocycles. The van der Waals surface area contributed by atoms with Gasteiger partial charge in [-0.3, -0.25) is 9.48 Å². The van der Waals surface area contributed by atoms with E-state index in [0.29, 0.717) is 12.1 Å². The van der Waals surface area contributed by atoms with Gasteiger partial charge in [0.2, 0.25) is 5.91 Å². The minimum atomic E-state index is -0.770. The molecule has 22 heavy (non-hydrogen) atoms. The van der Waals surface area contributed by atoms with E-state index in [2.05, 4.69) is 11.7 Å². The second kappa shape index (κ2) is 7.56. The van der Waals surface area contributed by atoms with Gasteiger partial charge in [-0.25, -0.2) is 0 Å². The largest absolute Gasteiger partial charge is 0.386 e. The van der Waals surface area contributed by atoms with Crippen molar-refractivity contribution in [1.82, 2.24) is 14.7 Å². The highest BCUT2D eigenvalue weighted by atomic mass is 16.3. The summed E-state index contributed by atoms with van der Waals surface area (Å²) < 4.78 is 1.75. The number of carbonyl (C=O) groups excluding carboxylic acids is 1. The second-order valence-electron chi connectivity index (χ2n) is 5.05. The van der Waals surface area contributed by atoms with Gasteiger partial charge in [-0.15, -0.1) is 0 Å². The van der Waals surface area contributed by atoms with Gasteiger partial charge < -0.3 is 10.0 Å². The number of benzene rings is 1. The summed E-state index contributed by atoms with van der Waals surface area (Å²) in [6.07, 6.45) is 3.93. The number of nitrogens with zero attached hydrogens (tertiary/aromatic N) is 3. The molecule has 0 fully saturated rings. The second-order valence-corrected chi connectivity index (χ2v) is 5.05. The van der Waals surface area contributed by atoms with E-state index in [1.54, 1.807) is 22.0 Å². The highest BCUT2D eigenvalue weighted by molar-refractivity contribution is 5.87. The predicted octanol–water partition coefficient (Wildman–Crippen LogP) is 2.15. The molecule has 2 rings (SSSR count). The zero-order valence-electron chi connectivity index (χ0n) is 12.7. The van der Waals surface area contributed by atoms with Crippen LogP contribution in [0, 0.1) is 0 Å². The van der Waals surface area contributed by atoms with Crippen LogP contribution >= 0.6 is 0 Å². The standard InChI is InChI=1S/C17H21N3O2/c1-3-17(22)19(11-14-8-6-5-7-9-14)13-16(21)15-10-18-20(4-2)12-15/h3,5-10,12,16,21H,1,4,11,13H2,2H3. The molecule has 1 N–H and O–H groups in total. The molecule has 0 aliphatic rings. The van der Waals surface area contributed by atoms with Gasteiger partial charge in [0.1, 0.15) is 0 Å². The molecule has 5 nitrogen and oxygen atoms in total. The van der Waals surface area contributed by atoms with Crippen molar-refractivity contribution >= 4 is 5.91 Å². The fourth-order valence-corrected chi connectivity index (χ4v) is 2.20. The normalized spacial score (nSPS) is 11.9. The Kier molecular flexibility index (Phi) is 5.49. The number of amides is 1. The summed E-state index contributed by atoms with van der Waals surface area (Å²) >= 11 is 0. The Labute approximate surface area is 130 Å². The van der Waals surface area contributed by atoms with Crippen LogP contribution in [0.5, 0.6) is 0 Å². The number of aromatic nitrogens is 2. The predicted molar refractivity (Wildman–Crippen MR) is 84.9 cm³/mol. The fourth-order valence-electron chi connectivity index (χ4n) is 2.20. The van der Waals surface area contributed by atoms with E-state index in [1.165, 1.54) is 6.08 Å². The van der Waals surface area contributed by atoms with Crippen molar-refractivity contribution < 1.29 is 9.90 Å². The minimum absolute atomic E-state index is 0.203. The topological polar surface area (TPSA) is 58.4 Å². The van der Waals surface area contributed by atoms with Crippen molar-refractivity contribution in [3.63, 3.8) is 0 Å². The first kappa shape index (κ1) is 16.0. The molecule has 1 aromatic heterocycles. The molecule has 0 spiro atoms. The highest BCUT2D eigenvalue weighted by Crippen LogP contribution is 2.15. The molecule has 0 aliphatic carbocycles. The maximum absolute atomic E-state index is 12.0. The molecular formula is C17H21N3O2. The van der Waals surface area contributed by atoms with Crippen LogP contribution in [0.1, 0.15) is 24.2 Å². The van der Waals surface area contributed by atoms with Crippen molar-refractivity contribution in [3.05, 3.63) is 66.5 Å². The van der Waals surface area contributed by atoms with Gasteiger partial charge in [0.15, 0.2) is 0 Å². The molecule has 0 bridgehead atoms. The van der Waals surface area contributed by atoms with Crippen LogP contribution in [0.3, 0.4) is 0 Å². The van der Waals surface area contributed by atoms with E-state index in [0.717, 1.165) is 12.1 Å². The summed E-state index contributed by atoms with van der Waals surface area (Å²) in [5, 5.41) is 14.5. The summed E-state index contributed by atoms with van der Waals surface area (Å²) in [5.41, 5.74) is 1.71. The van der Waals surface area contributed by atoms with Gasteiger partial charge in [-0.05, 0) is 18.6 Å². The number of aliphatic hydroxyl groups is 1. The Hall–Kier alpha value is -2.40. The number of hydrogen-bond donors (Lipinski definition) is 1. The first-order valence-corrected chi connectivity index (χ1v) is 7.29. The lowest BCUT2D eigenvalue weighted by molar-refractivity contribution is -0.128. The fraction of sp³-hybridized carbons (Fsp3) is 0.294. The molecule has 1 aromatic carbocycles. The third-order valence-corrected chi connectivity index (χ3v) is 3.46. The Balaban J connectivity index is 2.09. The lowest BCUT2D eigenvalue weighted by atomic mass is 10.1. The van der Waals surface area contributed by atoms with Crippen molar-refractivity contribution in [3.8, 4) is 0 Å². The zero-order chi connectivity index (χ0) is 15.9. The molecule has 1 unspecified atom stereocenters. The summed E-state index contributed by atoms with van der Waals surface area (Å²) in [4.78, 5) is 13.6. The number of rotatable bonds is 7. The maximum Gasteiger partial charge on any atom is 0.246 e. The van der Waals surface area contributed by atoms with Crippen LogP contribution in [0.4, 0.5) is 0 Å². The molecule has 2 aromatic rings. The van der Waals surface area contributed by atoms with Crippen molar-refractivity contribution in [2.75, 3.05) is 6.54 Å². The molecule has 0 saturated heterocycles. The molecule has 1 amide bonds. The minimum Gasteiger partial charge on any atom is -0.386 e. The average Bonchev–Trinajstić information content (AvgIpc) is 3.03. The highest BCUT2D eigenvalue weighted by Gasteiger charge is 2.18. The quantitative estimate of drug-likeness (QED) is 0.797. The van der Waals surface area contributed by atoms with Crippen LogP contribution in [0.15, 0.2) is 55.4 Å². The van der Waals surface area contributed by atoms with E-state index in [4.69, 9.17) is 0 Å². The van der Waals surface area contributed by atoms with E-state index >= 15 is 0 Å². The van der Waals surface area contributed by atoms with Gasteiger partial charge in [-0.2, -0.15) is 5.10 Å². The lowest BCUT2D eigenvalue weighted by Crippen LogP contribution is -2.33. The van der Waals surface area contributed by atoms with Crippen LogP contribution in [0.25, 0.3) is 0 Å². The van der Waals surface area contributed by atoms with Crippen molar-refractivity contribution in [2.45, 2.75) is 26.1 Å². The molecule has 0 radical (unpaired) electrons. The van der Waals surface area contributed by atoms with E-state index in [-0.39, 0.29) is 12.5 Å². The molecule has 1 heterocycles. The Bertz CT molecular complexity index is 622. The summed E-state index contributed by atoms with van der Waals surface area (Å²) in [6, 6.07) is 9.67. The molecule has 116 valence electrons. The molecular weight excluding hydrogens is 278 g/mol. The smallest absolute Gasteiger partial charge is 0.246 e. The zero-order valence-corrected chi connectivity index (χ0v) is 12.7. The third-order valence-electron chi connectivity index (χ3n) is 3.46. The summed E-state index contributed by atoms with van der Waals surface area (Å²) in [5.74, 6) is -0.203. The Morgan fingerprint density at radius 1 is 1.45 bits per heavy atom. The van der Waals surface area contributed by atoms with E-state index in [9.17, 15) is 9.90 Å². The third kappa shape index (κ3) is 4.05. The van der Waals surface area contributed by atoms with Crippen LogP contribution in [-0.2, 0) is 17.9 Å². The summed E-state index contributed by atoms with van der Waals surface area (Å²) in [6.45, 7) is 6.89. The van der Waals surface area contributed by atoms with Gasteiger partial charge in [-0.1, -0.05) is 36.9 Å². The van der Waals surface area contributed by atoms with Gasteiger partial charge in [0.05, 0.1) is 18.8 Å². The van der Waals surface area contributed by atoms with E-state index < -0.39 is 6.10 Å². The number of aryl methyl sites for hydroxylation is 1. The van der Waals surface area contributed by atoms with Crippen LogP contribution in [0.2, 0.25) is 0 Å². The average molecular weight is 299 g/mol. The van der Waals surface area contributed by atoms with Crippen molar-refractivity contribution in [1.29, 1.82) is 0 Å². The maximum atomic E-state index is 12.0. The van der Waals surface area contributed by atoms with Crippen LogP contribution < -0.4 is 0 Å². The van der Waals surface area contributed by atoms with Crippen LogP contribution in [-0.4, -0.2) is 32.2 Å². The summed E-state index contributed by atoms with van der Waals surface area (Å²) in [7, 11) is 0. The Morgan fingerprint density at radius 2 is 2.18 bits per heavy atom. The van der Waals surface area contributed by atoms with Crippen molar-refractivity contribution in [2.24, 2.45) is 0 Å². The van der Waals surface area contributed by atoms with Gasteiger partial charge >= 0.3 is 0 Å². The molecule has 1 atom stereocenters.